The van der Waals surface area contributed by atoms with Crippen molar-refractivity contribution in [1.29, 1.82) is 0 Å². The largest absolute Gasteiger partial charge is 0.487 e. The number of ether oxygens (including phenoxy) is 1. The van der Waals surface area contributed by atoms with Crippen LogP contribution in [0.5, 0.6) is 5.75 Å². The van der Waals surface area contributed by atoms with Gasteiger partial charge < -0.3 is 10.1 Å². The maximum atomic E-state index is 13.5. The molecular formula is C22H18F4N6O3S. The maximum Gasteiger partial charge on any atom is 0.355 e. The van der Waals surface area contributed by atoms with Crippen LogP contribution in [0.15, 0.2) is 54.9 Å². The number of nitrogens with zero attached hydrogens (tertiary/aromatic N) is 3. The summed E-state index contributed by atoms with van der Waals surface area (Å²) in [4.78, 5) is 8.30. The van der Waals surface area contributed by atoms with Crippen molar-refractivity contribution < 1.29 is 30.7 Å². The summed E-state index contributed by atoms with van der Waals surface area (Å²) in [5.74, 6) is -5.11. The van der Waals surface area contributed by atoms with Crippen LogP contribution in [0.25, 0.3) is 11.3 Å². The molecule has 36 heavy (non-hydrogen) atoms. The van der Waals surface area contributed by atoms with E-state index in [2.05, 4.69) is 25.5 Å². The van der Waals surface area contributed by atoms with E-state index >= 15 is 0 Å². The molecule has 2 aromatic heterocycles. The summed E-state index contributed by atoms with van der Waals surface area (Å²) in [5, 5.41) is 9.87. The minimum Gasteiger partial charge on any atom is -0.487 e. The Morgan fingerprint density at radius 3 is 2.50 bits per heavy atom. The van der Waals surface area contributed by atoms with Gasteiger partial charge in [0, 0.05) is 11.6 Å². The van der Waals surface area contributed by atoms with E-state index < -0.39 is 27.4 Å². The normalized spacial score (nSPS) is 11.5. The van der Waals surface area contributed by atoms with E-state index in [9.17, 15) is 26.0 Å². The Morgan fingerprint density at radius 2 is 1.81 bits per heavy atom. The van der Waals surface area contributed by atoms with Crippen LogP contribution >= 0.6 is 0 Å². The van der Waals surface area contributed by atoms with E-state index in [0.29, 0.717) is 22.9 Å². The van der Waals surface area contributed by atoms with Gasteiger partial charge in [0.1, 0.15) is 18.2 Å². The number of aryl methyl sites for hydroxylation is 1. The van der Waals surface area contributed by atoms with Crippen molar-refractivity contribution in [2.75, 3.05) is 10.0 Å². The van der Waals surface area contributed by atoms with Gasteiger partial charge in [-0.05, 0) is 36.8 Å². The van der Waals surface area contributed by atoms with Gasteiger partial charge >= 0.3 is 5.76 Å². The van der Waals surface area contributed by atoms with Crippen LogP contribution in [0.4, 0.5) is 34.9 Å². The molecule has 4 rings (SSSR count). The molecule has 2 aromatic carbocycles. The molecule has 0 saturated heterocycles. The first kappa shape index (κ1) is 24.9. The first-order valence-electron chi connectivity index (χ1n) is 10.2. The van der Waals surface area contributed by atoms with Gasteiger partial charge in [0.25, 0.3) is 10.0 Å². The smallest absolute Gasteiger partial charge is 0.355 e. The van der Waals surface area contributed by atoms with Gasteiger partial charge in [0.15, 0.2) is 17.5 Å². The van der Waals surface area contributed by atoms with Crippen LogP contribution in [0.2, 0.25) is 0 Å². The number of alkyl halides is 2. The number of hydrogen-bond donors (Lipinski definition) is 3. The van der Waals surface area contributed by atoms with E-state index in [1.165, 1.54) is 30.5 Å². The Hall–Kier alpha value is -4.20. The second-order valence-corrected chi connectivity index (χ2v) is 9.14. The highest BCUT2D eigenvalue weighted by molar-refractivity contribution is 7.93. The topological polar surface area (TPSA) is 122 Å². The molecule has 2 heterocycles. The van der Waals surface area contributed by atoms with Crippen LogP contribution in [0.1, 0.15) is 11.3 Å². The number of hydrogen-bond acceptors (Lipinski definition) is 7. The number of H-pyrrole nitrogens is 1. The Bertz CT molecular complexity index is 1480. The molecule has 0 amide bonds. The zero-order chi connectivity index (χ0) is 25.9. The van der Waals surface area contributed by atoms with E-state index in [4.69, 9.17) is 4.74 Å². The molecule has 0 aliphatic rings. The van der Waals surface area contributed by atoms with E-state index in [-0.39, 0.29) is 23.6 Å². The fourth-order valence-corrected chi connectivity index (χ4v) is 3.57. The molecule has 188 valence electrons. The van der Waals surface area contributed by atoms with Crippen LogP contribution in [-0.4, -0.2) is 34.3 Å². The summed E-state index contributed by atoms with van der Waals surface area (Å²) >= 11 is 0. The van der Waals surface area contributed by atoms with Crippen molar-refractivity contribution in [3.63, 3.8) is 0 Å². The number of aromatic amines is 1. The molecule has 3 N–H and O–H groups in total. The molecule has 0 aliphatic carbocycles. The summed E-state index contributed by atoms with van der Waals surface area (Å²) in [7, 11) is -5.00. The molecule has 4 aromatic rings. The quantitative estimate of drug-likeness (QED) is 0.272. The molecule has 0 atom stereocenters. The zero-order valence-corrected chi connectivity index (χ0v) is 19.3. The number of anilines is 3. The van der Waals surface area contributed by atoms with Crippen molar-refractivity contribution in [2.45, 2.75) is 19.3 Å². The summed E-state index contributed by atoms with van der Waals surface area (Å²) in [6.45, 7) is 1.49. The first-order chi connectivity index (χ1) is 17.1. The monoisotopic (exact) mass is 522 g/mol. The van der Waals surface area contributed by atoms with Crippen molar-refractivity contribution in [1.82, 2.24) is 20.2 Å². The number of nitrogens with one attached hydrogen (secondary N) is 3. The van der Waals surface area contributed by atoms with Crippen molar-refractivity contribution in [3.8, 4) is 17.0 Å². The molecule has 0 saturated carbocycles. The van der Waals surface area contributed by atoms with Gasteiger partial charge in [-0.15, -0.1) is 0 Å². The Morgan fingerprint density at radius 1 is 1.00 bits per heavy atom. The third kappa shape index (κ3) is 5.89. The lowest BCUT2D eigenvalue weighted by molar-refractivity contribution is 0.236. The van der Waals surface area contributed by atoms with Gasteiger partial charge in [-0.2, -0.15) is 13.9 Å². The average molecular weight is 522 g/mol. The third-order valence-electron chi connectivity index (χ3n) is 4.77. The van der Waals surface area contributed by atoms with Crippen molar-refractivity contribution >= 4 is 27.3 Å². The molecule has 0 aliphatic heterocycles. The zero-order valence-electron chi connectivity index (χ0n) is 18.5. The molecular weight excluding hydrogens is 504 g/mol. The van der Waals surface area contributed by atoms with Gasteiger partial charge in [-0.3, -0.25) is 14.8 Å². The first-order valence-corrected chi connectivity index (χ1v) is 11.8. The fraction of sp³-hybridized carbons (Fsp3) is 0.136. The van der Waals surface area contributed by atoms with Gasteiger partial charge in [0.05, 0.1) is 29.5 Å². The molecule has 0 fully saturated rings. The van der Waals surface area contributed by atoms with Gasteiger partial charge in [-0.1, -0.05) is 12.1 Å². The highest BCUT2D eigenvalue weighted by Gasteiger charge is 2.25. The predicted molar refractivity (Wildman–Crippen MR) is 123 cm³/mol. The predicted octanol–water partition coefficient (Wildman–Crippen LogP) is 4.74. The van der Waals surface area contributed by atoms with Crippen LogP contribution < -0.4 is 14.8 Å². The lowest BCUT2D eigenvalue weighted by Gasteiger charge is -2.15. The summed E-state index contributed by atoms with van der Waals surface area (Å²) < 4.78 is 83.4. The Balaban J connectivity index is 1.61. The third-order valence-corrected chi connectivity index (χ3v) is 5.75. The molecule has 0 bridgehead atoms. The Labute approximate surface area is 202 Å². The molecule has 14 heteroatoms. The van der Waals surface area contributed by atoms with Crippen LogP contribution in [0.3, 0.4) is 0 Å². The minimum atomic E-state index is -5.00. The lowest BCUT2D eigenvalue weighted by Crippen LogP contribution is -2.21. The molecule has 0 spiro atoms. The number of halogens is 4. The molecule has 0 radical (unpaired) electrons. The van der Waals surface area contributed by atoms with E-state index in [1.807, 2.05) is 0 Å². The minimum absolute atomic E-state index is 0.130. The highest BCUT2D eigenvalue weighted by atomic mass is 32.2. The number of rotatable bonds is 9. The van der Waals surface area contributed by atoms with E-state index in [1.54, 1.807) is 23.9 Å². The number of benzene rings is 2. The number of aromatic nitrogens is 4. The maximum absolute atomic E-state index is 13.5. The number of sulfonamides is 1. The van der Waals surface area contributed by atoms with Gasteiger partial charge in [0.2, 0.25) is 0 Å². The summed E-state index contributed by atoms with van der Waals surface area (Å²) in [6.07, 6.45) is 3.10. The summed E-state index contributed by atoms with van der Waals surface area (Å²) in [5.41, 5.74) is 1.63. The van der Waals surface area contributed by atoms with Gasteiger partial charge in [-0.25, -0.2) is 22.2 Å². The van der Waals surface area contributed by atoms with Crippen LogP contribution in [-0.2, 0) is 16.6 Å². The van der Waals surface area contributed by atoms with Crippen molar-refractivity contribution in [3.05, 3.63) is 77.8 Å². The SMILES string of the molecule is Cc1cnc(Nc2cc(-c3ccc(NS(=O)(=O)C(F)F)c(OCc4ccc(F)c(F)c4)c3)[nH]n2)cn1. The Kier molecular flexibility index (Phi) is 7.05. The molecule has 9 nitrogen and oxygen atoms in total. The standard InChI is InChI=1S/C22H18F4N6O3S/c1-12-9-28-21(10-27-12)29-20-8-18(30-31-20)14-3-5-17(32-36(33,34)22(25)26)19(7-14)35-11-13-2-4-15(23)16(24)6-13/h2-10,22,32H,11H2,1H3,(H2,28,29,30,31). The second kappa shape index (κ2) is 10.2. The second-order valence-electron chi connectivity index (χ2n) is 7.49. The lowest BCUT2D eigenvalue weighted by atomic mass is 10.1. The summed E-state index contributed by atoms with van der Waals surface area (Å²) in [6, 6.07) is 8.77. The highest BCUT2D eigenvalue weighted by Crippen LogP contribution is 2.33. The average Bonchev–Trinajstić information content (AvgIpc) is 3.30. The van der Waals surface area contributed by atoms with E-state index in [0.717, 1.165) is 17.8 Å². The van der Waals surface area contributed by atoms with Crippen molar-refractivity contribution in [2.24, 2.45) is 0 Å². The van der Waals surface area contributed by atoms with Crippen LogP contribution in [0, 0.1) is 18.6 Å². The fourth-order valence-electron chi connectivity index (χ4n) is 3.00. The molecule has 0 unspecified atom stereocenters.